The fourth-order valence-corrected chi connectivity index (χ4v) is 1.98. The molecule has 0 saturated carbocycles. The van der Waals surface area contributed by atoms with E-state index in [-0.39, 0.29) is 0 Å². The predicted octanol–water partition coefficient (Wildman–Crippen LogP) is 1.20. The minimum atomic E-state index is 0.664. The molecule has 2 heterocycles. The fourth-order valence-electron chi connectivity index (χ4n) is 1.98. The van der Waals surface area contributed by atoms with Crippen molar-refractivity contribution in [2.75, 3.05) is 26.2 Å². The van der Waals surface area contributed by atoms with Gasteiger partial charge in [0.25, 0.3) is 0 Å². The molecular weight excluding hydrogens is 190 g/mol. The molecule has 0 radical (unpaired) electrons. The summed E-state index contributed by atoms with van der Waals surface area (Å²) in [5, 5.41) is 0. The molecule has 0 aromatic carbocycles. The van der Waals surface area contributed by atoms with E-state index in [0.29, 0.717) is 6.04 Å². The van der Waals surface area contributed by atoms with Crippen LogP contribution in [-0.4, -0.2) is 47.0 Å². The highest BCUT2D eigenvalue weighted by Crippen LogP contribution is 2.09. The number of nitrogens with zero attached hydrogens (tertiary/aromatic N) is 3. The van der Waals surface area contributed by atoms with Crippen LogP contribution in [0.2, 0.25) is 0 Å². The van der Waals surface area contributed by atoms with Gasteiger partial charge in [0.05, 0.1) is 12.7 Å². The molecule has 1 fully saturated rings. The van der Waals surface area contributed by atoms with Crippen molar-refractivity contribution in [3.8, 4) is 0 Å². The highest BCUT2D eigenvalue weighted by molar-refractivity contribution is 4.89. The number of oxazole rings is 1. The number of piperazine rings is 1. The number of hydrogen-bond donors (Lipinski definition) is 0. The van der Waals surface area contributed by atoms with Gasteiger partial charge in [0.2, 0.25) is 0 Å². The average Bonchev–Trinajstić information content (AvgIpc) is 2.71. The molecule has 1 aliphatic heterocycles. The first-order valence-electron chi connectivity index (χ1n) is 5.59. The molecule has 4 heteroatoms. The maximum atomic E-state index is 5.24. The molecule has 1 saturated heterocycles. The van der Waals surface area contributed by atoms with Crippen LogP contribution in [-0.2, 0) is 6.54 Å². The SMILES string of the molecule is CC(C)N1CCN(Cc2cnco2)CC1. The lowest BCUT2D eigenvalue weighted by Crippen LogP contribution is -2.48. The highest BCUT2D eigenvalue weighted by Gasteiger charge is 2.19. The van der Waals surface area contributed by atoms with E-state index in [9.17, 15) is 0 Å². The Morgan fingerprint density at radius 1 is 1.33 bits per heavy atom. The third-order valence-electron chi connectivity index (χ3n) is 3.00. The lowest BCUT2D eigenvalue weighted by Gasteiger charge is -2.36. The second-order valence-corrected chi connectivity index (χ2v) is 4.37. The molecule has 0 spiro atoms. The predicted molar refractivity (Wildman–Crippen MR) is 58.5 cm³/mol. The normalized spacial score (nSPS) is 19.9. The molecule has 0 bridgehead atoms. The second kappa shape index (κ2) is 4.77. The summed E-state index contributed by atoms with van der Waals surface area (Å²) in [7, 11) is 0. The number of aromatic nitrogens is 1. The molecule has 4 nitrogen and oxygen atoms in total. The third kappa shape index (κ3) is 2.79. The van der Waals surface area contributed by atoms with Crippen molar-refractivity contribution in [1.29, 1.82) is 0 Å². The van der Waals surface area contributed by atoms with Gasteiger partial charge in [0, 0.05) is 32.2 Å². The van der Waals surface area contributed by atoms with Gasteiger partial charge in [-0.2, -0.15) is 0 Å². The minimum Gasteiger partial charge on any atom is -0.447 e. The molecule has 1 aromatic heterocycles. The molecule has 84 valence electrons. The Bertz CT molecular complexity index is 276. The van der Waals surface area contributed by atoms with Crippen LogP contribution in [0.3, 0.4) is 0 Å². The van der Waals surface area contributed by atoms with Gasteiger partial charge in [-0.15, -0.1) is 0 Å². The minimum absolute atomic E-state index is 0.664. The Kier molecular flexibility index (Phi) is 3.38. The third-order valence-corrected chi connectivity index (χ3v) is 3.00. The maximum Gasteiger partial charge on any atom is 0.180 e. The van der Waals surface area contributed by atoms with Crippen LogP contribution in [0.1, 0.15) is 19.6 Å². The van der Waals surface area contributed by atoms with E-state index in [2.05, 4.69) is 28.6 Å². The number of rotatable bonds is 3. The summed E-state index contributed by atoms with van der Waals surface area (Å²) in [5.74, 6) is 0.966. The fraction of sp³-hybridized carbons (Fsp3) is 0.727. The standard InChI is InChI=1S/C11H19N3O/c1-10(2)14-5-3-13(4-6-14)8-11-7-12-9-15-11/h7,9-10H,3-6,8H2,1-2H3. The van der Waals surface area contributed by atoms with E-state index in [1.165, 1.54) is 6.39 Å². The van der Waals surface area contributed by atoms with Crippen LogP contribution in [0, 0.1) is 0 Å². The van der Waals surface area contributed by atoms with Crippen molar-refractivity contribution < 1.29 is 4.42 Å². The van der Waals surface area contributed by atoms with Gasteiger partial charge in [-0.1, -0.05) is 0 Å². The van der Waals surface area contributed by atoms with E-state index in [4.69, 9.17) is 4.42 Å². The van der Waals surface area contributed by atoms with Crippen molar-refractivity contribution in [2.45, 2.75) is 26.4 Å². The summed E-state index contributed by atoms with van der Waals surface area (Å²) < 4.78 is 5.24. The van der Waals surface area contributed by atoms with Crippen LogP contribution in [0.15, 0.2) is 17.0 Å². The number of hydrogen-bond acceptors (Lipinski definition) is 4. The van der Waals surface area contributed by atoms with Crippen LogP contribution >= 0.6 is 0 Å². The summed E-state index contributed by atoms with van der Waals surface area (Å²) >= 11 is 0. The van der Waals surface area contributed by atoms with Gasteiger partial charge in [0.1, 0.15) is 5.76 Å². The second-order valence-electron chi connectivity index (χ2n) is 4.37. The van der Waals surface area contributed by atoms with Gasteiger partial charge in [-0.05, 0) is 13.8 Å². The van der Waals surface area contributed by atoms with Crippen molar-refractivity contribution in [2.24, 2.45) is 0 Å². The first kappa shape index (κ1) is 10.6. The monoisotopic (exact) mass is 209 g/mol. The van der Waals surface area contributed by atoms with E-state index in [1.54, 1.807) is 6.20 Å². The molecule has 1 aromatic rings. The molecular formula is C11H19N3O. The Labute approximate surface area is 90.9 Å². The smallest absolute Gasteiger partial charge is 0.180 e. The Hall–Kier alpha value is -0.870. The van der Waals surface area contributed by atoms with Crippen molar-refractivity contribution in [3.63, 3.8) is 0 Å². The summed E-state index contributed by atoms with van der Waals surface area (Å²) in [6.07, 6.45) is 3.30. The molecule has 15 heavy (non-hydrogen) atoms. The van der Waals surface area contributed by atoms with Gasteiger partial charge in [0.15, 0.2) is 6.39 Å². The van der Waals surface area contributed by atoms with E-state index in [1.807, 2.05) is 0 Å². The van der Waals surface area contributed by atoms with E-state index >= 15 is 0 Å². The Morgan fingerprint density at radius 3 is 2.60 bits per heavy atom. The summed E-state index contributed by atoms with van der Waals surface area (Å²) in [6.45, 7) is 9.97. The van der Waals surface area contributed by atoms with Crippen molar-refractivity contribution in [3.05, 3.63) is 18.4 Å². The zero-order chi connectivity index (χ0) is 10.7. The first-order valence-corrected chi connectivity index (χ1v) is 5.59. The largest absolute Gasteiger partial charge is 0.447 e. The molecule has 0 atom stereocenters. The molecule has 0 unspecified atom stereocenters. The molecule has 2 rings (SSSR count). The van der Waals surface area contributed by atoms with Crippen molar-refractivity contribution >= 4 is 0 Å². The summed E-state index contributed by atoms with van der Waals surface area (Å²) in [4.78, 5) is 8.85. The molecule has 0 aliphatic carbocycles. The zero-order valence-electron chi connectivity index (χ0n) is 9.52. The molecule has 0 N–H and O–H groups in total. The van der Waals surface area contributed by atoms with E-state index < -0.39 is 0 Å². The van der Waals surface area contributed by atoms with Crippen LogP contribution in [0.25, 0.3) is 0 Å². The van der Waals surface area contributed by atoms with Crippen LogP contribution in [0.5, 0.6) is 0 Å². The van der Waals surface area contributed by atoms with Crippen LogP contribution in [0.4, 0.5) is 0 Å². The van der Waals surface area contributed by atoms with Gasteiger partial charge < -0.3 is 4.42 Å². The highest BCUT2D eigenvalue weighted by atomic mass is 16.3. The molecule has 1 aliphatic rings. The van der Waals surface area contributed by atoms with Gasteiger partial charge in [-0.3, -0.25) is 9.80 Å². The Balaban J connectivity index is 1.79. The lowest BCUT2D eigenvalue weighted by molar-refractivity contribution is 0.0991. The van der Waals surface area contributed by atoms with Gasteiger partial charge >= 0.3 is 0 Å². The average molecular weight is 209 g/mol. The summed E-state index contributed by atoms with van der Waals surface area (Å²) in [5.41, 5.74) is 0. The first-order chi connectivity index (χ1) is 7.25. The summed E-state index contributed by atoms with van der Waals surface area (Å²) in [6, 6.07) is 0.664. The zero-order valence-corrected chi connectivity index (χ0v) is 9.52. The maximum absolute atomic E-state index is 5.24. The van der Waals surface area contributed by atoms with E-state index in [0.717, 1.165) is 38.5 Å². The topological polar surface area (TPSA) is 32.5 Å². The lowest BCUT2D eigenvalue weighted by atomic mass is 10.2. The quantitative estimate of drug-likeness (QED) is 0.749. The van der Waals surface area contributed by atoms with Gasteiger partial charge in [-0.25, -0.2) is 4.98 Å². The molecule has 0 amide bonds. The Morgan fingerprint density at radius 2 is 2.07 bits per heavy atom. The van der Waals surface area contributed by atoms with Crippen molar-refractivity contribution in [1.82, 2.24) is 14.8 Å². The van der Waals surface area contributed by atoms with Crippen LogP contribution < -0.4 is 0 Å².